The van der Waals surface area contributed by atoms with Crippen LogP contribution in [0.2, 0.25) is 0 Å². The molecule has 0 aromatic heterocycles. The van der Waals surface area contributed by atoms with Gasteiger partial charge in [0.15, 0.2) is 0 Å². The fraction of sp³-hybridized carbons (Fsp3) is 0.690. The molecule has 5 rings (SSSR count). The molecule has 4 atom stereocenters. The van der Waals surface area contributed by atoms with Crippen molar-refractivity contribution in [2.24, 2.45) is 16.7 Å². The molecule has 4 fully saturated rings. The summed E-state index contributed by atoms with van der Waals surface area (Å²) in [4.78, 5) is 36.3. The van der Waals surface area contributed by atoms with Gasteiger partial charge in [-0.15, -0.1) is 0 Å². The minimum absolute atomic E-state index is 0.0673. The highest BCUT2D eigenvalue weighted by Gasteiger charge is 2.60. The first kappa shape index (κ1) is 28.3. The summed E-state index contributed by atoms with van der Waals surface area (Å²) in [5.41, 5.74) is 2.22. The van der Waals surface area contributed by atoms with Crippen LogP contribution in [0, 0.1) is 22.6 Å². The topological polar surface area (TPSA) is 120 Å². The highest BCUT2D eigenvalue weighted by molar-refractivity contribution is 5.95. The van der Waals surface area contributed by atoms with Crippen molar-refractivity contribution in [1.29, 1.82) is 0 Å². The molecule has 4 aliphatic rings. The van der Waals surface area contributed by atoms with E-state index in [0.717, 1.165) is 57.8 Å². The van der Waals surface area contributed by atoms with Crippen molar-refractivity contribution in [2.75, 3.05) is 11.9 Å². The van der Waals surface area contributed by atoms with Crippen LogP contribution in [-0.4, -0.2) is 35.1 Å². The average Bonchev–Trinajstić information content (AvgIpc) is 2.81. The molecular formula is C29H43FN4O4. The van der Waals surface area contributed by atoms with Crippen molar-refractivity contribution in [2.45, 2.75) is 103 Å². The molecule has 0 aliphatic heterocycles. The van der Waals surface area contributed by atoms with Gasteiger partial charge in [-0.2, -0.15) is 0 Å². The molecule has 0 radical (unpaired) electrons. The summed E-state index contributed by atoms with van der Waals surface area (Å²) < 4.78 is 14.8. The number of hydroxylamine groups is 1. The summed E-state index contributed by atoms with van der Waals surface area (Å²) in [5, 5.41) is 17.2. The predicted octanol–water partition coefficient (Wildman–Crippen LogP) is 5.66. The summed E-state index contributed by atoms with van der Waals surface area (Å²) in [6, 6.07) is 3.76. The van der Waals surface area contributed by atoms with E-state index < -0.39 is 5.82 Å². The van der Waals surface area contributed by atoms with Crippen molar-refractivity contribution in [3.63, 3.8) is 0 Å². The molecule has 1 aromatic rings. The van der Waals surface area contributed by atoms with Crippen molar-refractivity contribution in [3.8, 4) is 0 Å². The minimum Gasteiger partial charge on any atom is -0.352 e. The van der Waals surface area contributed by atoms with E-state index in [1.165, 1.54) is 37.5 Å². The highest BCUT2D eigenvalue weighted by Crippen LogP contribution is 2.66. The summed E-state index contributed by atoms with van der Waals surface area (Å²) in [5.74, 6) is -0.696. The zero-order valence-electron chi connectivity index (χ0n) is 22.8. The van der Waals surface area contributed by atoms with Gasteiger partial charge >= 0.3 is 6.03 Å². The maximum atomic E-state index is 14.8. The second-order valence-corrected chi connectivity index (χ2v) is 12.8. The Hall–Kier alpha value is -2.68. The van der Waals surface area contributed by atoms with Crippen LogP contribution in [0.3, 0.4) is 0 Å². The van der Waals surface area contributed by atoms with Gasteiger partial charge in [0.2, 0.25) is 5.91 Å². The van der Waals surface area contributed by atoms with Crippen LogP contribution in [-0.2, 0) is 4.79 Å². The number of carbonyl (C=O) groups excluding carboxylic acids is 3. The molecule has 4 amide bonds. The lowest BCUT2D eigenvalue weighted by Crippen LogP contribution is -2.65. The minimum atomic E-state index is -0.632. The molecule has 4 aliphatic carbocycles. The number of halogens is 1. The molecule has 1 aromatic carbocycles. The molecule has 0 heterocycles. The molecule has 38 heavy (non-hydrogen) atoms. The zero-order chi connectivity index (χ0) is 27.4. The Morgan fingerprint density at radius 3 is 2.24 bits per heavy atom. The molecule has 9 heteroatoms. The smallest absolute Gasteiger partial charge is 0.319 e. The van der Waals surface area contributed by atoms with Gasteiger partial charge in [-0.3, -0.25) is 14.8 Å². The molecule has 5 N–H and O–H groups in total. The SMILES string of the molecule is C[C@]12CC3CC(NC(=O)Nc4ccc(C(=O)NCCCCCCCCC(=O)NO)cc4F)(C1)C[C@@](C)(C3)C2. The number of nitrogens with one attached hydrogen (secondary N) is 4. The number of hydrogen-bond donors (Lipinski definition) is 5. The Morgan fingerprint density at radius 1 is 0.947 bits per heavy atom. The quantitative estimate of drug-likeness (QED) is 0.136. The van der Waals surface area contributed by atoms with E-state index >= 15 is 0 Å². The highest BCUT2D eigenvalue weighted by atomic mass is 19.1. The number of urea groups is 1. The number of carbonyl (C=O) groups is 3. The van der Waals surface area contributed by atoms with Gasteiger partial charge < -0.3 is 16.0 Å². The summed E-state index contributed by atoms with van der Waals surface area (Å²) in [6.45, 7) is 5.19. The van der Waals surface area contributed by atoms with Gasteiger partial charge in [0.1, 0.15) is 5.82 Å². The van der Waals surface area contributed by atoms with Crippen LogP contribution in [0.4, 0.5) is 14.9 Å². The third kappa shape index (κ3) is 7.04. The van der Waals surface area contributed by atoms with Crippen LogP contribution >= 0.6 is 0 Å². The Bertz CT molecular complexity index is 1030. The maximum Gasteiger partial charge on any atom is 0.319 e. The predicted molar refractivity (Wildman–Crippen MR) is 143 cm³/mol. The second kappa shape index (κ2) is 11.6. The number of unbranched alkanes of at least 4 members (excludes halogenated alkanes) is 5. The van der Waals surface area contributed by atoms with Crippen LogP contribution in [0.1, 0.15) is 108 Å². The molecule has 0 saturated heterocycles. The van der Waals surface area contributed by atoms with Gasteiger partial charge in [-0.05, 0) is 86.3 Å². The fourth-order valence-electron chi connectivity index (χ4n) is 8.22. The molecule has 4 bridgehead atoms. The normalized spacial score (nSPS) is 29.1. The van der Waals surface area contributed by atoms with E-state index in [-0.39, 0.29) is 45.5 Å². The van der Waals surface area contributed by atoms with E-state index in [1.807, 2.05) is 0 Å². The second-order valence-electron chi connectivity index (χ2n) is 12.8. The van der Waals surface area contributed by atoms with Gasteiger partial charge in [0.05, 0.1) is 5.69 Å². The van der Waals surface area contributed by atoms with Crippen LogP contribution in [0.5, 0.6) is 0 Å². The Labute approximate surface area is 224 Å². The lowest BCUT2D eigenvalue weighted by molar-refractivity contribution is -0.129. The third-order valence-corrected chi connectivity index (χ3v) is 8.73. The number of anilines is 1. The molecule has 4 saturated carbocycles. The van der Waals surface area contributed by atoms with E-state index in [4.69, 9.17) is 5.21 Å². The lowest BCUT2D eigenvalue weighted by Gasteiger charge is -2.65. The first-order valence-corrected chi connectivity index (χ1v) is 14.1. The number of rotatable bonds is 12. The number of benzene rings is 1. The molecular weight excluding hydrogens is 487 g/mol. The van der Waals surface area contributed by atoms with E-state index in [1.54, 1.807) is 5.48 Å². The van der Waals surface area contributed by atoms with Crippen LogP contribution in [0.25, 0.3) is 0 Å². The van der Waals surface area contributed by atoms with E-state index in [9.17, 15) is 18.8 Å². The lowest BCUT2D eigenvalue weighted by atomic mass is 9.43. The van der Waals surface area contributed by atoms with Crippen molar-refractivity contribution >= 4 is 23.5 Å². The van der Waals surface area contributed by atoms with Gasteiger partial charge in [0, 0.05) is 24.1 Å². The fourth-order valence-corrected chi connectivity index (χ4v) is 8.22. The first-order chi connectivity index (χ1) is 18.0. The zero-order valence-corrected chi connectivity index (χ0v) is 22.8. The molecule has 8 nitrogen and oxygen atoms in total. The summed E-state index contributed by atoms with van der Waals surface area (Å²) >= 11 is 0. The average molecular weight is 531 g/mol. The van der Waals surface area contributed by atoms with E-state index in [0.29, 0.717) is 18.9 Å². The van der Waals surface area contributed by atoms with Crippen molar-refractivity contribution < 1.29 is 24.0 Å². The van der Waals surface area contributed by atoms with Crippen LogP contribution in [0.15, 0.2) is 18.2 Å². The molecule has 210 valence electrons. The Balaban J connectivity index is 1.18. The number of amides is 4. The van der Waals surface area contributed by atoms with E-state index in [2.05, 4.69) is 29.8 Å². The maximum absolute atomic E-state index is 14.8. The molecule has 2 unspecified atom stereocenters. The standard InChI is InChI=1S/C29H43FN4O4/c1-27-14-20-15-28(2,17-27)19-29(16-20,18-27)33-26(37)32-23-11-10-21(13-22(23)30)25(36)31-12-8-6-4-3-5-7-9-24(35)34-38/h10-11,13,20,38H,3-9,12,14-19H2,1-2H3,(H,31,36)(H,34,35)(H2,32,33,37)/t20?,27-,28+,29?. The van der Waals surface area contributed by atoms with Gasteiger partial charge in [-0.1, -0.05) is 39.5 Å². The monoisotopic (exact) mass is 530 g/mol. The summed E-state index contributed by atoms with van der Waals surface area (Å²) in [6.07, 6.45) is 12.3. The van der Waals surface area contributed by atoms with Gasteiger partial charge in [0.25, 0.3) is 5.91 Å². The van der Waals surface area contributed by atoms with Crippen molar-refractivity contribution in [1.82, 2.24) is 16.1 Å². The summed E-state index contributed by atoms with van der Waals surface area (Å²) in [7, 11) is 0. The molecule has 0 spiro atoms. The third-order valence-electron chi connectivity index (χ3n) is 8.73. The van der Waals surface area contributed by atoms with Crippen molar-refractivity contribution in [3.05, 3.63) is 29.6 Å². The number of hydrogen-bond acceptors (Lipinski definition) is 4. The first-order valence-electron chi connectivity index (χ1n) is 14.1. The van der Waals surface area contributed by atoms with Gasteiger partial charge in [-0.25, -0.2) is 14.7 Å². The Morgan fingerprint density at radius 2 is 1.61 bits per heavy atom. The largest absolute Gasteiger partial charge is 0.352 e. The van der Waals surface area contributed by atoms with Crippen LogP contribution < -0.4 is 21.4 Å². The Kier molecular flexibility index (Phi) is 8.65.